The smallest absolute Gasteiger partial charge is 0.252 e. The minimum atomic E-state index is 0.0753. The van der Waals surface area contributed by atoms with Gasteiger partial charge in [0.05, 0.1) is 13.2 Å². The van der Waals surface area contributed by atoms with Crippen molar-refractivity contribution >= 4 is 17.0 Å². The lowest BCUT2D eigenvalue weighted by molar-refractivity contribution is 0.0103. The lowest BCUT2D eigenvalue weighted by Gasteiger charge is -2.46. The molecule has 3 aliphatic rings. The van der Waals surface area contributed by atoms with Gasteiger partial charge in [0, 0.05) is 55.9 Å². The molecule has 144 valence electrons. The van der Waals surface area contributed by atoms with Crippen LogP contribution in [-0.4, -0.2) is 64.9 Å². The molecule has 7 nitrogen and oxygen atoms in total. The van der Waals surface area contributed by atoms with Gasteiger partial charge in [0.15, 0.2) is 0 Å². The Balaban J connectivity index is 1.44. The zero-order chi connectivity index (χ0) is 18.4. The Labute approximate surface area is 159 Å². The van der Waals surface area contributed by atoms with Gasteiger partial charge in [-0.3, -0.25) is 14.3 Å². The number of rotatable bonds is 3. The van der Waals surface area contributed by atoms with Gasteiger partial charge in [-0.05, 0) is 25.3 Å². The van der Waals surface area contributed by atoms with Crippen molar-refractivity contribution in [2.24, 2.45) is 0 Å². The van der Waals surface area contributed by atoms with Crippen LogP contribution in [0.3, 0.4) is 0 Å². The van der Waals surface area contributed by atoms with Crippen LogP contribution in [0.2, 0.25) is 0 Å². The van der Waals surface area contributed by atoms with Crippen LogP contribution in [-0.2, 0) is 4.74 Å². The predicted octanol–water partition coefficient (Wildman–Crippen LogP) is 1.74. The fourth-order valence-corrected chi connectivity index (χ4v) is 4.72. The molecular formula is C20H27N5O2. The quantitative estimate of drug-likeness (QED) is 0.821. The summed E-state index contributed by atoms with van der Waals surface area (Å²) in [6.07, 6.45) is 6.43. The second kappa shape index (κ2) is 6.87. The molecule has 0 bridgehead atoms. The Morgan fingerprint density at radius 1 is 1.11 bits per heavy atom. The monoisotopic (exact) mass is 369 g/mol. The zero-order valence-corrected chi connectivity index (χ0v) is 15.9. The maximum atomic E-state index is 12.7. The van der Waals surface area contributed by atoms with Gasteiger partial charge in [-0.2, -0.15) is 4.98 Å². The van der Waals surface area contributed by atoms with Crippen LogP contribution in [0.5, 0.6) is 0 Å². The second-order valence-electron chi connectivity index (χ2n) is 8.09. The minimum absolute atomic E-state index is 0.0753. The molecule has 0 unspecified atom stereocenters. The Morgan fingerprint density at radius 3 is 2.59 bits per heavy atom. The summed E-state index contributed by atoms with van der Waals surface area (Å²) in [6.45, 7) is 7.56. The van der Waals surface area contributed by atoms with Crippen molar-refractivity contribution < 1.29 is 4.74 Å². The van der Waals surface area contributed by atoms with Gasteiger partial charge < -0.3 is 9.64 Å². The van der Waals surface area contributed by atoms with Crippen LogP contribution in [0, 0.1) is 6.92 Å². The highest BCUT2D eigenvalue weighted by Gasteiger charge is 2.34. The minimum Gasteiger partial charge on any atom is -0.379 e. The molecule has 2 aromatic rings. The largest absolute Gasteiger partial charge is 0.379 e. The van der Waals surface area contributed by atoms with E-state index in [4.69, 9.17) is 9.72 Å². The Morgan fingerprint density at radius 2 is 1.85 bits per heavy atom. The first-order chi connectivity index (χ1) is 13.2. The van der Waals surface area contributed by atoms with Crippen LogP contribution in [0.4, 0.5) is 5.95 Å². The maximum absolute atomic E-state index is 12.7. The third-order valence-corrected chi connectivity index (χ3v) is 6.38. The van der Waals surface area contributed by atoms with Crippen molar-refractivity contribution in [3.8, 4) is 0 Å². The highest BCUT2D eigenvalue weighted by molar-refractivity contribution is 5.79. The van der Waals surface area contributed by atoms with Gasteiger partial charge >= 0.3 is 0 Å². The first-order valence-electron chi connectivity index (χ1n) is 10.2. The zero-order valence-electron chi connectivity index (χ0n) is 15.9. The summed E-state index contributed by atoms with van der Waals surface area (Å²) in [5.74, 6) is 0.753. The first kappa shape index (κ1) is 17.1. The number of pyridine rings is 1. The lowest BCUT2D eigenvalue weighted by atomic mass is 10.1. The van der Waals surface area contributed by atoms with Gasteiger partial charge in [0.1, 0.15) is 5.65 Å². The number of aromatic nitrogens is 3. The van der Waals surface area contributed by atoms with E-state index in [0.29, 0.717) is 6.04 Å². The molecule has 0 radical (unpaired) electrons. The topological polar surface area (TPSA) is 63.5 Å². The molecule has 0 atom stereocenters. The van der Waals surface area contributed by atoms with E-state index in [-0.39, 0.29) is 11.6 Å². The average Bonchev–Trinajstić information content (AvgIpc) is 3.15. The van der Waals surface area contributed by atoms with E-state index in [1.54, 1.807) is 6.07 Å². The molecule has 5 rings (SSSR count). The second-order valence-corrected chi connectivity index (χ2v) is 8.09. The molecule has 7 heteroatoms. The number of anilines is 1. The highest BCUT2D eigenvalue weighted by Crippen LogP contribution is 2.31. The van der Waals surface area contributed by atoms with Gasteiger partial charge in [0.25, 0.3) is 5.56 Å². The number of nitrogens with zero attached hydrogens (tertiary/aromatic N) is 5. The Kier molecular flexibility index (Phi) is 4.36. The van der Waals surface area contributed by atoms with E-state index in [1.165, 1.54) is 12.8 Å². The van der Waals surface area contributed by atoms with Crippen molar-refractivity contribution in [1.82, 2.24) is 19.4 Å². The molecule has 0 spiro atoms. The van der Waals surface area contributed by atoms with Gasteiger partial charge in [-0.15, -0.1) is 0 Å². The summed E-state index contributed by atoms with van der Waals surface area (Å²) in [6, 6.07) is 2.57. The van der Waals surface area contributed by atoms with Gasteiger partial charge in [-0.1, -0.05) is 12.8 Å². The number of hydrogen-bond donors (Lipinski definition) is 0. The van der Waals surface area contributed by atoms with E-state index in [1.807, 2.05) is 17.7 Å². The molecule has 0 N–H and O–H groups in total. The summed E-state index contributed by atoms with van der Waals surface area (Å²) in [5.41, 5.74) is 1.85. The van der Waals surface area contributed by atoms with Crippen LogP contribution < -0.4 is 10.5 Å². The Hall–Kier alpha value is -1.99. The molecule has 2 aromatic heterocycles. The summed E-state index contributed by atoms with van der Waals surface area (Å²) < 4.78 is 7.38. The van der Waals surface area contributed by atoms with Gasteiger partial charge in [-0.25, -0.2) is 4.98 Å². The lowest BCUT2D eigenvalue weighted by Crippen LogP contribution is -2.62. The average molecular weight is 369 g/mol. The maximum Gasteiger partial charge on any atom is 0.252 e. The first-order valence-corrected chi connectivity index (χ1v) is 10.2. The fraction of sp³-hybridized carbons (Fsp3) is 0.650. The molecule has 2 saturated heterocycles. The van der Waals surface area contributed by atoms with Crippen molar-refractivity contribution in [2.45, 2.75) is 44.7 Å². The number of morpholine rings is 1. The summed E-state index contributed by atoms with van der Waals surface area (Å²) in [5, 5.41) is 0.996. The summed E-state index contributed by atoms with van der Waals surface area (Å²) >= 11 is 0. The summed E-state index contributed by atoms with van der Waals surface area (Å²) in [7, 11) is 0. The van der Waals surface area contributed by atoms with E-state index >= 15 is 0 Å². The molecule has 2 aliphatic heterocycles. The van der Waals surface area contributed by atoms with Crippen molar-refractivity contribution in [2.75, 3.05) is 44.3 Å². The summed E-state index contributed by atoms with van der Waals surface area (Å²) in [4.78, 5) is 27.0. The molecule has 1 saturated carbocycles. The molecule has 3 fully saturated rings. The van der Waals surface area contributed by atoms with Crippen LogP contribution in [0.25, 0.3) is 11.0 Å². The SMILES string of the molecule is Cc1cc(=O)n(C2CCCC2)c2nc(N3CC(N4CCOCC4)C3)ncc12. The van der Waals surface area contributed by atoms with Crippen LogP contribution >= 0.6 is 0 Å². The molecule has 0 aromatic carbocycles. The van der Waals surface area contributed by atoms with Crippen molar-refractivity contribution in [1.29, 1.82) is 0 Å². The number of ether oxygens (including phenoxy) is 1. The normalized spacial score (nSPS) is 22.5. The molecule has 27 heavy (non-hydrogen) atoms. The van der Waals surface area contributed by atoms with Crippen LogP contribution in [0.15, 0.2) is 17.1 Å². The molecule has 1 aliphatic carbocycles. The van der Waals surface area contributed by atoms with Gasteiger partial charge in [0.2, 0.25) is 5.95 Å². The van der Waals surface area contributed by atoms with E-state index in [9.17, 15) is 4.79 Å². The van der Waals surface area contributed by atoms with Crippen LogP contribution in [0.1, 0.15) is 37.3 Å². The highest BCUT2D eigenvalue weighted by atomic mass is 16.5. The predicted molar refractivity (Wildman–Crippen MR) is 104 cm³/mol. The third-order valence-electron chi connectivity index (χ3n) is 6.38. The third kappa shape index (κ3) is 3.02. The van der Waals surface area contributed by atoms with E-state index in [2.05, 4.69) is 14.8 Å². The standard InChI is InChI=1S/C20H27N5O2/c1-14-10-18(26)25(15-4-2-3-5-15)19-17(14)11-21-20(22-19)24-12-16(13-24)23-6-8-27-9-7-23/h10-11,15-16H,2-9,12-13H2,1H3. The number of fused-ring (bicyclic) bond motifs is 1. The molecule has 0 amide bonds. The number of aryl methyl sites for hydroxylation is 1. The van der Waals surface area contributed by atoms with Crippen molar-refractivity contribution in [3.05, 3.63) is 28.2 Å². The fourth-order valence-electron chi connectivity index (χ4n) is 4.72. The Bertz CT molecular complexity index is 893. The van der Waals surface area contributed by atoms with Crippen molar-refractivity contribution in [3.63, 3.8) is 0 Å². The number of hydrogen-bond acceptors (Lipinski definition) is 6. The van der Waals surface area contributed by atoms with E-state index in [0.717, 1.165) is 74.8 Å². The molecule has 4 heterocycles. The molecular weight excluding hydrogens is 342 g/mol. The van der Waals surface area contributed by atoms with E-state index < -0.39 is 0 Å².